The number of rotatable bonds is 1. The molecule has 7 heteroatoms. The molecular formula is C9H13N7. The Bertz CT molecular complexity index is 493. The van der Waals surface area contributed by atoms with Gasteiger partial charge in [-0.15, -0.1) is 14.8 Å². The van der Waals surface area contributed by atoms with Gasteiger partial charge in [-0.2, -0.15) is 0 Å². The van der Waals surface area contributed by atoms with Crippen molar-refractivity contribution in [3.8, 4) is 0 Å². The molecular weight excluding hydrogens is 206 g/mol. The summed E-state index contributed by atoms with van der Waals surface area (Å²) in [5.74, 6) is 0.924. The van der Waals surface area contributed by atoms with E-state index in [1.165, 1.54) is 4.63 Å². The largest absolute Gasteiger partial charge is 0.352 e. The van der Waals surface area contributed by atoms with Crippen LogP contribution in [0.25, 0.3) is 5.65 Å². The van der Waals surface area contributed by atoms with E-state index in [0.717, 1.165) is 25.5 Å². The average molecular weight is 219 g/mol. The summed E-state index contributed by atoms with van der Waals surface area (Å²) in [6, 6.07) is 4.33. The Kier molecular flexibility index (Phi) is 2.17. The van der Waals surface area contributed by atoms with Crippen molar-refractivity contribution in [2.45, 2.75) is 13.0 Å². The lowest BCUT2D eigenvalue weighted by molar-refractivity contribution is 0.480. The first-order valence-electron chi connectivity index (χ1n) is 5.37. The van der Waals surface area contributed by atoms with E-state index in [0.29, 0.717) is 11.7 Å². The molecule has 7 nitrogen and oxygen atoms in total. The molecule has 1 aliphatic rings. The van der Waals surface area contributed by atoms with Crippen LogP contribution in [0.15, 0.2) is 12.1 Å². The molecule has 1 atom stereocenters. The van der Waals surface area contributed by atoms with Crippen LogP contribution in [0.1, 0.15) is 6.92 Å². The van der Waals surface area contributed by atoms with Crippen molar-refractivity contribution in [3.63, 3.8) is 0 Å². The molecule has 1 saturated heterocycles. The van der Waals surface area contributed by atoms with Gasteiger partial charge in [-0.3, -0.25) is 0 Å². The Labute approximate surface area is 92.4 Å². The molecule has 0 saturated carbocycles. The van der Waals surface area contributed by atoms with Crippen LogP contribution in [0, 0.1) is 0 Å². The van der Waals surface area contributed by atoms with Gasteiger partial charge in [-0.05, 0) is 29.5 Å². The number of nitrogens with one attached hydrogen (secondary N) is 1. The van der Waals surface area contributed by atoms with Crippen molar-refractivity contribution < 1.29 is 0 Å². The molecule has 84 valence electrons. The van der Waals surface area contributed by atoms with Gasteiger partial charge in [0.1, 0.15) is 0 Å². The molecule has 16 heavy (non-hydrogen) atoms. The molecule has 2 aromatic heterocycles. The van der Waals surface area contributed by atoms with Crippen LogP contribution >= 0.6 is 0 Å². The summed E-state index contributed by atoms with van der Waals surface area (Å²) in [4.78, 5) is 2.24. The second kappa shape index (κ2) is 3.67. The summed E-state index contributed by atoms with van der Waals surface area (Å²) in [6.45, 7) is 5.07. The summed E-state index contributed by atoms with van der Waals surface area (Å²) in [7, 11) is 0. The fraction of sp³-hybridized carbons (Fsp3) is 0.556. The highest BCUT2D eigenvalue weighted by atomic mass is 15.6. The normalized spacial score (nSPS) is 21.6. The van der Waals surface area contributed by atoms with E-state index in [9.17, 15) is 0 Å². The predicted octanol–water partition coefficient (Wildman–Crippen LogP) is -0.683. The Balaban J connectivity index is 1.92. The monoisotopic (exact) mass is 219 g/mol. The van der Waals surface area contributed by atoms with E-state index in [1.807, 2.05) is 12.1 Å². The minimum absolute atomic E-state index is 0.486. The van der Waals surface area contributed by atoms with Gasteiger partial charge in [0.25, 0.3) is 0 Å². The third kappa shape index (κ3) is 1.58. The second-order valence-electron chi connectivity index (χ2n) is 4.02. The fourth-order valence-electron chi connectivity index (χ4n) is 1.95. The van der Waals surface area contributed by atoms with E-state index in [1.54, 1.807) is 0 Å². The maximum Gasteiger partial charge on any atom is 0.200 e. The minimum atomic E-state index is 0.486. The Morgan fingerprint density at radius 1 is 1.44 bits per heavy atom. The quantitative estimate of drug-likeness (QED) is 0.685. The van der Waals surface area contributed by atoms with Gasteiger partial charge in [0.15, 0.2) is 11.5 Å². The first kappa shape index (κ1) is 9.46. The summed E-state index contributed by atoms with van der Waals surface area (Å²) < 4.78 is 1.46. The number of hydrogen-bond acceptors (Lipinski definition) is 6. The second-order valence-corrected chi connectivity index (χ2v) is 4.02. The highest BCUT2D eigenvalue weighted by Gasteiger charge is 2.17. The lowest BCUT2D eigenvalue weighted by Gasteiger charge is -2.32. The molecule has 0 aliphatic carbocycles. The van der Waals surface area contributed by atoms with E-state index in [-0.39, 0.29) is 0 Å². The van der Waals surface area contributed by atoms with Gasteiger partial charge in [-0.1, -0.05) is 0 Å². The van der Waals surface area contributed by atoms with Crippen LogP contribution in [0.5, 0.6) is 0 Å². The van der Waals surface area contributed by atoms with Crippen LogP contribution in [0.4, 0.5) is 5.82 Å². The highest BCUT2D eigenvalue weighted by molar-refractivity contribution is 5.44. The number of aromatic nitrogens is 5. The third-order valence-corrected chi connectivity index (χ3v) is 2.75. The Morgan fingerprint density at radius 2 is 2.38 bits per heavy atom. The van der Waals surface area contributed by atoms with Gasteiger partial charge in [0, 0.05) is 25.7 Å². The molecule has 0 aromatic carbocycles. The van der Waals surface area contributed by atoms with Crippen molar-refractivity contribution in [2.24, 2.45) is 0 Å². The van der Waals surface area contributed by atoms with Gasteiger partial charge in [0.05, 0.1) is 0 Å². The van der Waals surface area contributed by atoms with Gasteiger partial charge >= 0.3 is 0 Å². The van der Waals surface area contributed by atoms with Crippen LogP contribution in [0.3, 0.4) is 0 Å². The van der Waals surface area contributed by atoms with Crippen molar-refractivity contribution in [2.75, 3.05) is 24.5 Å². The molecule has 3 heterocycles. The van der Waals surface area contributed by atoms with E-state index < -0.39 is 0 Å². The SMILES string of the molecule is C[C@H]1CN(c2ccc3nnnn3n2)CCN1. The van der Waals surface area contributed by atoms with Crippen molar-refractivity contribution in [1.29, 1.82) is 0 Å². The smallest absolute Gasteiger partial charge is 0.200 e. The number of nitrogens with zero attached hydrogens (tertiary/aromatic N) is 6. The zero-order valence-corrected chi connectivity index (χ0v) is 9.04. The zero-order chi connectivity index (χ0) is 11.0. The number of piperazine rings is 1. The summed E-state index contributed by atoms with van der Waals surface area (Å²) in [5.41, 5.74) is 0.673. The van der Waals surface area contributed by atoms with E-state index in [2.05, 4.69) is 37.8 Å². The highest BCUT2D eigenvalue weighted by Crippen LogP contribution is 2.12. The first-order valence-corrected chi connectivity index (χ1v) is 5.37. The van der Waals surface area contributed by atoms with Crippen molar-refractivity contribution >= 4 is 11.5 Å². The number of hydrogen-bond donors (Lipinski definition) is 1. The lowest BCUT2D eigenvalue weighted by Crippen LogP contribution is -2.49. The molecule has 0 bridgehead atoms. The molecule has 1 fully saturated rings. The van der Waals surface area contributed by atoms with Gasteiger partial charge in [0.2, 0.25) is 0 Å². The summed E-state index contributed by atoms with van der Waals surface area (Å²) in [6.07, 6.45) is 0. The maximum atomic E-state index is 4.37. The molecule has 2 aromatic rings. The topological polar surface area (TPSA) is 71.2 Å². The summed E-state index contributed by atoms with van der Waals surface area (Å²) in [5, 5.41) is 19.0. The maximum absolute atomic E-state index is 4.37. The number of anilines is 1. The fourth-order valence-corrected chi connectivity index (χ4v) is 1.95. The molecule has 0 unspecified atom stereocenters. The number of tetrazole rings is 1. The van der Waals surface area contributed by atoms with Crippen LogP contribution < -0.4 is 10.2 Å². The standard InChI is InChI=1S/C9H13N7/c1-7-6-15(5-4-10-7)9-3-2-8-11-13-14-16(8)12-9/h2-3,7,10H,4-6H2,1H3/t7-/m0/s1. The summed E-state index contributed by atoms with van der Waals surface area (Å²) >= 11 is 0. The Hall–Kier alpha value is -1.76. The molecule has 3 rings (SSSR count). The van der Waals surface area contributed by atoms with Crippen LogP contribution in [0.2, 0.25) is 0 Å². The van der Waals surface area contributed by atoms with Crippen molar-refractivity contribution in [1.82, 2.24) is 30.6 Å². The molecule has 0 spiro atoms. The minimum Gasteiger partial charge on any atom is -0.352 e. The van der Waals surface area contributed by atoms with Crippen molar-refractivity contribution in [3.05, 3.63) is 12.1 Å². The van der Waals surface area contributed by atoms with Gasteiger partial charge in [-0.25, -0.2) is 0 Å². The third-order valence-electron chi connectivity index (χ3n) is 2.75. The predicted molar refractivity (Wildman–Crippen MR) is 58.3 cm³/mol. The molecule has 1 N–H and O–H groups in total. The van der Waals surface area contributed by atoms with E-state index in [4.69, 9.17) is 0 Å². The van der Waals surface area contributed by atoms with Crippen LogP contribution in [-0.2, 0) is 0 Å². The first-order chi connectivity index (χ1) is 7.83. The molecule has 0 amide bonds. The molecule has 0 radical (unpaired) electrons. The number of fused-ring (bicyclic) bond motifs is 1. The molecule has 1 aliphatic heterocycles. The zero-order valence-electron chi connectivity index (χ0n) is 9.04. The van der Waals surface area contributed by atoms with Gasteiger partial charge < -0.3 is 10.2 Å². The van der Waals surface area contributed by atoms with E-state index >= 15 is 0 Å². The average Bonchev–Trinajstić information content (AvgIpc) is 2.75. The van der Waals surface area contributed by atoms with Crippen LogP contribution in [-0.4, -0.2) is 50.9 Å². The Morgan fingerprint density at radius 3 is 3.25 bits per heavy atom. The lowest BCUT2D eigenvalue weighted by atomic mass is 10.2.